The second-order valence-electron chi connectivity index (χ2n) is 6.52. The lowest BCUT2D eigenvalue weighted by Gasteiger charge is -2.16. The molecule has 1 aromatic carbocycles. The van der Waals surface area contributed by atoms with E-state index in [1.807, 2.05) is 13.8 Å². The van der Waals surface area contributed by atoms with E-state index < -0.39 is 21.8 Å². The summed E-state index contributed by atoms with van der Waals surface area (Å²) >= 11 is 0. The highest BCUT2D eigenvalue weighted by molar-refractivity contribution is 7.88. The Morgan fingerprint density at radius 3 is 2.54 bits per heavy atom. The van der Waals surface area contributed by atoms with Crippen LogP contribution in [0.2, 0.25) is 0 Å². The van der Waals surface area contributed by atoms with Gasteiger partial charge >= 0.3 is 6.18 Å². The average molecular weight is 423 g/mol. The summed E-state index contributed by atoms with van der Waals surface area (Å²) in [6.07, 6.45) is -2.04. The summed E-state index contributed by atoms with van der Waals surface area (Å²) in [5, 5.41) is 6.24. The molecule has 0 spiro atoms. The number of halogens is 3. The van der Waals surface area contributed by atoms with Crippen molar-refractivity contribution in [2.45, 2.75) is 38.8 Å². The van der Waals surface area contributed by atoms with Crippen LogP contribution in [-0.2, 0) is 16.2 Å². The second-order valence-corrected chi connectivity index (χ2v) is 8.35. The maximum Gasteiger partial charge on any atom is 0.416 e. The third-order valence-electron chi connectivity index (χ3n) is 3.97. The van der Waals surface area contributed by atoms with E-state index in [0.29, 0.717) is 50.5 Å². The number of hydrogen-bond donors (Lipinski definition) is 3. The molecule has 0 radical (unpaired) electrons. The van der Waals surface area contributed by atoms with Gasteiger partial charge in [0.1, 0.15) is 0 Å². The van der Waals surface area contributed by atoms with Crippen molar-refractivity contribution in [3.63, 3.8) is 0 Å². The third kappa shape index (κ3) is 9.93. The smallest absolute Gasteiger partial charge is 0.357 e. The summed E-state index contributed by atoms with van der Waals surface area (Å²) in [4.78, 5) is 4.36. The summed E-state index contributed by atoms with van der Waals surface area (Å²) in [6.45, 7) is 5.78. The molecule has 6 nitrogen and oxygen atoms in total. The Morgan fingerprint density at radius 2 is 1.93 bits per heavy atom. The molecule has 0 heterocycles. The number of alkyl halides is 3. The van der Waals surface area contributed by atoms with E-state index >= 15 is 0 Å². The van der Waals surface area contributed by atoms with Gasteiger partial charge in [0.2, 0.25) is 10.0 Å². The molecular weight excluding hydrogens is 393 g/mol. The first-order valence-corrected chi connectivity index (χ1v) is 11.1. The van der Waals surface area contributed by atoms with Crippen LogP contribution in [0, 0.1) is 0 Å². The number of hydrogen-bond acceptors (Lipinski definition) is 3. The van der Waals surface area contributed by atoms with E-state index in [9.17, 15) is 21.6 Å². The number of sulfonamides is 1. The van der Waals surface area contributed by atoms with Crippen molar-refractivity contribution >= 4 is 16.0 Å². The third-order valence-corrected chi connectivity index (χ3v) is 4.69. The first-order chi connectivity index (χ1) is 13.0. The van der Waals surface area contributed by atoms with Crippen LogP contribution in [0.1, 0.15) is 43.7 Å². The highest BCUT2D eigenvalue weighted by atomic mass is 32.2. The fraction of sp³-hybridized carbons (Fsp3) is 0.611. The maximum atomic E-state index is 12.8. The Labute approximate surface area is 165 Å². The molecule has 0 amide bonds. The Hall–Kier alpha value is -1.81. The lowest BCUT2D eigenvalue weighted by Crippen LogP contribution is -2.38. The number of nitrogens with zero attached hydrogens (tertiary/aromatic N) is 1. The summed E-state index contributed by atoms with van der Waals surface area (Å²) in [6, 6.07) is 5.40. The molecule has 0 aromatic heterocycles. The molecule has 0 aliphatic heterocycles. The minimum Gasteiger partial charge on any atom is -0.357 e. The van der Waals surface area contributed by atoms with Gasteiger partial charge in [-0.15, -0.1) is 0 Å². The fourth-order valence-electron chi connectivity index (χ4n) is 2.46. The minimum absolute atomic E-state index is 0.0448. The van der Waals surface area contributed by atoms with E-state index in [1.54, 1.807) is 6.07 Å². The highest BCUT2D eigenvalue weighted by Gasteiger charge is 2.30. The predicted molar refractivity (Wildman–Crippen MR) is 106 cm³/mol. The van der Waals surface area contributed by atoms with Gasteiger partial charge in [-0.2, -0.15) is 13.2 Å². The summed E-state index contributed by atoms with van der Waals surface area (Å²) < 4.78 is 62.9. The molecular formula is C18H29F3N4O2S. The quantitative estimate of drug-likeness (QED) is 0.308. The molecule has 0 bridgehead atoms. The normalized spacial score (nSPS) is 14.0. The molecule has 0 fully saturated rings. The molecule has 0 aliphatic rings. The molecule has 1 aromatic rings. The molecule has 1 unspecified atom stereocenters. The van der Waals surface area contributed by atoms with Crippen LogP contribution in [0.4, 0.5) is 13.2 Å². The summed E-state index contributed by atoms with van der Waals surface area (Å²) in [5.41, 5.74) is 0.00725. The monoisotopic (exact) mass is 422 g/mol. The van der Waals surface area contributed by atoms with Gasteiger partial charge in [0.05, 0.1) is 11.8 Å². The predicted octanol–water partition coefficient (Wildman–Crippen LogP) is 2.69. The lowest BCUT2D eigenvalue weighted by molar-refractivity contribution is -0.137. The minimum atomic E-state index is -4.34. The van der Waals surface area contributed by atoms with Gasteiger partial charge in [-0.25, -0.2) is 13.1 Å². The SMILES string of the molecule is CCNC(=NCCCNS(C)(=O)=O)NCCC(C)c1cccc(C(F)(F)F)c1. The largest absolute Gasteiger partial charge is 0.416 e. The molecule has 28 heavy (non-hydrogen) atoms. The van der Waals surface area contributed by atoms with E-state index in [-0.39, 0.29) is 5.92 Å². The van der Waals surface area contributed by atoms with Crippen LogP contribution < -0.4 is 15.4 Å². The second kappa shape index (κ2) is 11.3. The Bertz CT molecular complexity index is 737. The topological polar surface area (TPSA) is 82.6 Å². The van der Waals surface area contributed by atoms with E-state index in [0.717, 1.165) is 12.3 Å². The first kappa shape index (κ1) is 24.2. The van der Waals surface area contributed by atoms with Gasteiger partial charge in [0, 0.05) is 26.2 Å². The van der Waals surface area contributed by atoms with Crippen LogP contribution in [0.3, 0.4) is 0 Å². The molecule has 0 saturated carbocycles. The van der Waals surface area contributed by atoms with Gasteiger partial charge in [0.15, 0.2) is 5.96 Å². The van der Waals surface area contributed by atoms with Crippen molar-refractivity contribution < 1.29 is 21.6 Å². The number of guanidine groups is 1. The van der Waals surface area contributed by atoms with Crippen LogP contribution in [-0.4, -0.2) is 46.8 Å². The molecule has 1 rings (SSSR count). The standard InChI is InChI=1S/C18H29F3N4O2S/c1-4-22-17(23-10-6-11-25-28(3,26)27)24-12-9-14(2)15-7-5-8-16(13-15)18(19,20)21/h5,7-8,13-14,25H,4,6,9-12H2,1-3H3,(H2,22,23,24). The van der Waals surface area contributed by atoms with Crippen molar-refractivity contribution in [3.05, 3.63) is 35.4 Å². The van der Waals surface area contributed by atoms with E-state index in [2.05, 4.69) is 20.3 Å². The van der Waals surface area contributed by atoms with Gasteiger partial charge in [-0.3, -0.25) is 4.99 Å². The van der Waals surface area contributed by atoms with Crippen molar-refractivity contribution in [1.29, 1.82) is 0 Å². The zero-order chi connectivity index (χ0) is 21.2. The molecule has 3 N–H and O–H groups in total. The lowest BCUT2D eigenvalue weighted by atomic mass is 9.96. The zero-order valence-electron chi connectivity index (χ0n) is 16.4. The van der Waals surface area contributed by atoms with E-state index in [1.165, 1.54) is 12.1 Å². The summed E-state index contributed by atoms with van der Waals surface area (Å²) in [5.74, 6) is 0.551. The molecule has 160 valence electrons. The number of nitrogens with one attached hydrogen (secondary N) is 3. The summed E-state index contributed by atoms with van der Waals surface area (Å²) in [7, 11) is -3.20. The van der Waals surface area contributed by atoms with Gasteiger partial charge < -0.3 is 10.6 Å². The van der Waals surface area contributed by atoms with Crippen LogP contribution in [0.5, 0.6) is 0 Å². The van der Waals surface area contributed by atoms with Gasteiger partial charge in [-0.05, 0) is 37.3 Å². The highest BCUT2D eigenvalue weighted by Crippen LogP contribution is 2.31. The maximum absolute atomic E-state index is 12.8. The van der Waals surface area contributed by atoms with Crippen LogP contribution >= 0.6 is 0 Å². The van der Waals surface area contributed by atoms with Gasteiger partial charge in [-0.1, -0.05) is 25.1 Å². The first-order valence-electron chi connectivity index (χ1n) is 9.17. The van der Waals surface area contributed by atoms with E-state index in [4.69, 9.17) is 0 Å². The fourth-order valence-corrected chi connectivity index (χ4v) is 2.98. The number of rotatable bonds is 10. The van der Waals surface area contributed by atoms with Crippen molar-refractivity contribution in [3.8, 4) is 0 Å². The number of benzene rings is 1. The van der Waals surface area contributed by atoms with Crippen molar-refractivity contribution in [2.24, 2.45) is 4.99 Å². The van der Waals surface area contributed by atoms with Crippen LogP contribution in [0.25, 0.3) is 0 Å². The van der Waals surface area contributed by atoms with Crippen molar-refractivity contribution in [2.75, 3.05) is 32.4 Å². The van der Waals surface area contributed by atoms with Crippen molar-refractivity contribution in [1.82, 2.24) is 15.4 Å². The van der Waals surface area contributed by atoms with Gasteiger partial charge in [0.25, 0.3) is 0 Å². The molecule has 0 aliphatic carbocycles. The Morgan fingerprint density at radius 1 is 1.21 bits per heavy atom. The average Bonchev–Trinajstić information content (AvgIpc) is 2.59. The van der Waals surface area contributed by atoms with Crippen LogP contribution in [0.15, 0.2) is 29.3 Å². The number of aliphatic imine (C=N–C) groups is 1. The Kier molecular flexibility index (Phi) is 9.74. The molecule has 1 atom stereocenters. The Balaban J connectivity index is 2.50. The molecule has 0 saturated heterocycles. The molecule has 10 heteroatoms. The zero-order valence-corrected chi connectivity index (χ0v) is 17.3.